The molecule has 0 spiro atoms. The van der Waals surface area contributed by atoms with Gasteiger partial charge in [-0.05, 0) is 12.1 Å². The lowest BCUT2D eigenvalue weighted by Crippen LogP contribution is -2.19. The molecule has 8 heteroatoms. The molecule has 0 saturated carbocycles. The molecule has 0 atom stereocenters. The Morgan fingerprint density at radius 2 is 1.71 bits per heavy atom. The van der Waals surface area contributed by atoms with Crippen LogP contribution >= 0.6 is 34.8 Å². The number of hydrogen-bond acceptors (Lipinski definition) is 3. The van der Waals surface area contributed by atoms with Gasteiger partial charge >= 0.3 is 5.97 Å². The first-order valence-electron chi connectivity index (χ1n) is 5.97. The Kier molecular flexibility index (Phi) is 4.19. The van der Waals surface area contributed by atoms with E-state index in [1.807, 2.05) is 20.8 Å². The van der Waals surface area contributed by atoms with Crippen LogP contribution in [0, 0.1) is 0 Å². The predicted octanol–water partition coefficient (Wildman–Crippen LogP) is 4.22. The van der Waals surface area contributed by atoms with Crippen molar-refractivity contribution in [1.82, 2.24) is 14.8 Å². The second-order valence-corrected chi connectivity index (χ2v) is 6.67. The smallest absolute Gasteiger partial charge is 0.375 e. The molecule has 0 aliphatic heterocycles. The lowest BCUT2D eigenvalue weighted by atomic mass is 9.95. The van der Waals surface area contributed by atoms with Crippen LogP contribution < -0.4 is 0 Å². The number of carboxylic acid groups (broad SMARTS) is 1. The molecule has 1 aromatic heterocycles. The minimum atomic E-state index is -1.21. The number of hydrogen-bond donors (Lipinski definition) is 1. The number of aromatic carboxylic acids is 1. The molecule has 2 rings (SSSR count). The average molecular weight is 349 g/mol. The van der Waals surface area contributed by atoms with Crippen LogP contribution in [0.15, 0.2) is 12.1 Å². The van der Waals surface area contributed by atoms with Crippen molar-refractivity contribution >= 4 is 40.8 Å². The van der Waals surface area contributed by atoms with E-state index in [9.17, 15) is 4.79 Å². The second kappa shape index (κ2) is 5.48. The van der Waals surface area contributed by atoms with Gasteiger partial charge < -0.3 is 5.11 Å². The molecule has 21 heavy (non-hydrogen) atoms. The highest BCUT2D eigenvalue weighted by Gasteiger charge is 2.27. The van der Waals surface area contributed by atoms with Gasteiger partial charge in [0.2, 0.25) is 0 Å². The molecule has 0 saturated heterocycles. The number of carbonyl (C=O) groups is 1. The van der Waals surface area contributed by atoms with Crippen LogP contribution in [0.4, 0.5) is 0 Å². The molecule has 5 nitrogen and oxygen atoms in total. The van der Waals surface area contributed by atoms with Crippen molar-refractivity contribution in [1.29, 1.82) is 0 Å². The fraction of sp³-hybridized carbons (Fsp3) is 0.308. The highest BCUT2D eigenvalue weighted by atomic mass is 35.5. The van der Waals surface area contributed by atoms with E-state index < -0.39 is 11.4 Å². The summed E-state index contributed by atoms with van der Waals surface area (Å²) >= 11 is 18.1. The monoisotopic (exact) mass is 347 g/mol. The Hall–Kier alpha value is -1.30. The van der Waals surface area contributed by atoms with Gasteiger partial charge in [-0.3, -0.25) is 0 Å². The highest BCUT2D eigenvalue weighted by Crippen LogP contribution is 2.33. The summed E-state index contributed by atoms with van der Waals surface area (Å²) in [6.45, 7) is 5.68. The average Bonchev–Trinajstić information content (AvgIpc) is 2.78. The minimum Gasteiger partial charge on any atom is -0.475 e. The third-order valence-electron chi connectivity index (χ3n) is 2.69. The molecular weight excluding hydrogens is 337 g/mol. The molecule has 0 amide bonds. The number of halogens is 3. The summed E-state index contributed by atoms with van der Waals surface area (Å²) in [6.07, 6.45) is 0. The quantitative estimate of drug-likeness (QED) is 0.825. The van der Waals surface area contributed by atoms with Gasteiger partial charge in [-0.2, -0.15) is 0 Å². The Bertz CT molecular complexity index is 720. The minimum absolute atomic E-state index is 0.295. The van der Waals surface area contributed by atoms with Gasteiger partial charge in [0.05, 0.1) is 20.8 Å². The molecule has 112 valence electrons. The summed E-state index contributed by atoms with van der Waals surface area (Å²) in [5.41, 5.74) is -0.00754. The highest BCUT2D eigenvalue weighted by molar-refractivity contribution is 6.43. The number of rotatable bonds is 2. The second-order valence-electron chi connectivity index (χ2n) is 5.44. The van der Waals surface area contributed by atoms with Gasteiger partial charge in [-0.1, -0.05) is 55.6 Å². The van der Waals surface area contributed by atoms with Crippen molar-refractivity contribution < 1.29 is 9.90 Å². The van der Waals surface area contributed by atoms with Crippen molar-refractivity contribution in [3.05, 3.63) is 38.8 Å². The van der Waals surface area contributed by atoms with Crippen LogP contribution in [-0.2, 0) is 5.41 Å². The summed E-state index contributed by atoms with van der Waals surface area (Å²) in [5, 5.41) is 14.0. The van der Waals surface area contributed by atoms with Gasteiger partial charge in [0.15, 0.2) is 0 Å². The summed E-state index contributed by atoms with van der Waals surface area (Å²) in [6, 6.07) is 3.01. The molecule has 0 radical (unpaired) electrons. The van der Waals surface area contributed by atoms with Crippen LogP contribution in [-0.4, -0.2) is 25.8 Å². The molecule has 1 aromatic carbocycles. The van der Waals surface area contributed by atoms with E-state index in [0.717, 1.165) is 0 Å². The van der Waals surface area contributed by atoms with Crippen LogP contribution in [0.1, 0.15) is 37.2 Å². The van der Waals surface area contributed by atoms with E-state index in [2.05, 4.69) is 10.1 Å². The zero-order valence-corrected chi connectivity index (χ0v) is 13.8. The van der Waals surface area contributed by atoms with Crippen LogP contribution in [0.25, 0.3) is 5.69 Å². The van der Waals surface area contributed by atoms with Crippen molar-refractivity contribution in [2.45, 2.75) is 26.2 Å². The Balaban J connectivity index is 2.74. The lowest BCUT2D eigenvalue weighted by Gasteiger charge is -2.19. The van der Waals surface area contributed by atoms with Gasteiger partial charge in [-0.15, -0.1) is 5.10 Å². The normalized spacial score (nSPS) is 11.7. The maximum absolute atomic E-state index is 11.1. The summed E-state index contributed by atoms with van der Waals surface area (Å²) in [7, 11) is 0. The van der Waals surface area contributed by atoms with E-state index in [-0.39, 0.29) is 5.82 Å². The summed E-state index contributed by atoms with van der Waals surface area (Å²) in [5.74, 6) is -1.06. The number of carboxylic acids is 1. The van der Waals surface area contributed by atoms with Gasteiger partial charge in [0.25, 0.3) is 5.82 Å². The largest absolute Gasteiger partial charge is 0.475 e. The molecule has 0 unspecified atom stereocenters. The molecule has 0 bridgehead atoms. The number of aromatic nitrogens is 3. The Labute approximate surface area is 136 Å². The van der Waals surface area contributed by atoms with Crippen molar-refractivity contribution in [2.24, 2.45) is 0 Å². The number of nitrogens with zero attached hydrogens (tertiary/aromatic N) is 3. The molecular formula is C13H12Cl3N3O2. The van der Waals surface area contributed by atoms with Crippen molar-refractivity contribution in [3.63, 3.8) is 0 Å². The van der Waals surface area contributed by atoms with Gasteiger partial charge in [0, 0.05) is 5.41 Å². The standard InChI is InChI=1S/C13H12Cl3N3O2/c1-13(2,3)12-17-10(11(20)21)18-19(12)9-5-7(15)6(14)4-8(9)16/h4-5H,1-3H3,(H,20,21). The van der Waals surface area contributed by atoms with Crippen LogP contribution in [0.5, 0.6) is 0 Å². The summed E-state index contributed by atoms with van der Waals surface area (Å²) < 4.78 is 1.38. The Morgan fingerprint density at radius 3 is 2.24 bits per heavy atom. The number of benzene rings is 1. The first-order chi connectivity index (χ1) is 9.61. The zero-order valence-electron chi connectivity index (χ0n) is 11.5. The first-order valence-corrected chi connectivity index (χ1v) is 7.10. The fourth-order valence-corrected chi connectivity index (χ4v) is 2.35. The van der Waals surface area contributed by atoms with E-state index in [1.165, 1.54) is 16.8 Å². The SMILES string of the molecule is CC(C)(C)c1nc(C(=O)O)nn1-c1cc(Cl)c(Cl)cc1Cl. The van der Waals surface area contributed by atoms with Crippen LogP contribution in [0.3, 0.4) is 0 Å². The van der Waals surface area contributed by atoms with Gasteiger partial charge in [-0.25, -0.2) is 14.5 Å². The summed E-state index contributed by atoms with van der Waals surface area (Å²) in [4.78, 5) is 15.2. The third kappa shape index (κ3) is 3.15. The topological polar surface area (TPSA) is 68.0 Å². The molecule has 1 N–H and O–H groups in total. The molecule has 2 aromatic rings. The fourth-order valence-electron chi connectivity index (χ4n) is 1.73. The first kappa shape index (κ1) is 16.1. The van der Waals surface area contributed by atoms with Gasteiger partial charge in [0.1, 0.15) is 5.82 Å². The molecule has 0 aliphatic rings. The van der Waals surface area contributed by atoms with Crippen molar-refractivity contribution in [3.8, 4) is 5.69 Å². The predicted molar refractivity (Wildman–Crippen MR) is 82.0 cm³/mol. The van der Waals surface area contributed by atoms with E-state index >= 15 is 0 Å². The van der Waals surface area contributed by atoms with Crippen molar-refractivity contribution in [2.75, 3.05) is 0 Å². The maximum Gasteiger partial charge on any atom is 0.375 e. The van der Waals surface area contributed by atoms with E-state index in [0.29, 0.717) is 26.6 Å². The lowest BCUT2D eigenvalue weighted by molar-refractivity contribution is 0.0683. The molecule has 0 fully saturated rings. The zero-order chi connectivity index (χ0) is 15.9. The van der Waals surface area contributed by atoms with E-state index in [4.69, 9.17) is 39.9 Å². The molecule has 1 heterocycles. The van der Waals surface area contributed by atoms with E-state index in [1.54, 1.807) is 0 Å². The Morgan fingerprint density at radius 1 is 1.14 bits per heavy atom. The molecule has 0 aliphatic carbocycles. The maximum atomic E-state index is 11.1. The third-order valence-corrected chi connectivity index (χ3v) is 3.71. The van der Waals surface area contributed by atoms with Crippen LogP contribution in [0.2, 0.25) is 15.1 Å².